The van der Waals surface area contributed by atoms with Crippen LogP contribution in [0.5, 0.6) is 0 Å². The van der Waals surface area contributed by atoms with Crippen molar-refractivity contribution in [3.05, 3.63) is 78.6 Å². The average Bonchev–Trinajstić information content (AvgIpc) is 3.45. The van der Waals surface area contributed by atoms with E-state index in [1.165, 1.54) is 11.3 Å². The summed E-state index contributed by atoms with van der Waals surface area (Å²) in [5, 5.41) is 17.9. The molecule has 27 heavy (non-hydrogen) atoms. The lowest BCUT2D eigenvalue weighted by atomic mass is 9.87. The predicted molar refractivity (Wildman–Crippen MR) is 106 cm³/mol. The lowest BCUT2D eigenvalue weighted by Gasteiger charge is -2.24. The molecule has 2 aliphatic rings. The lowest BCUT2D eigenvalue weighted by molar-refractivity contribution is 0.227. The van der Waals surface area contributed by atoms with Crippen LogP contribution >= 0.6 is 0 Å². The number of nitrogens with zero attached hydrogens (tertiary/aromatic N) is 3. The van der Waals surface area contributed by atoms with Gasteiger partial charge in [-0.2, -0.15) is 5.10 Å². The zero-order chi connectivity index (χ0) is 18.2. The summed E-state index contributed by atoms with van der Waals surface area (Å²) in [6.45, 7) is 2.20. The first-order chi connectivity index (χ1) is 13.3. The van der Waals surface area contributed by atoms with E-state index < -0.39 is 0 Å². The lowest BCUT2D eigenvalue weighted by Crippen LogP contribution is -2.36. The van der Waals surface area contributed by atoms with Crippen molar-refractivity contribution in [3.8, 4) is 5.69 Å². The maximum atomic E-state index is 9.91. The molecule has 5 heteroatoms. The average molecular weight is 360 g/mol. The fourth-order valence-corrected chi connectivity index (χ4v) is 4.75. The summed E-state index contributed by atoms with van der Waals surface area (Å²) in [5.74, 6) is 0.962. The minimum absolute atomic E-state index is 0.152. The van der Waals surface area contributed by atoms with Gasteiger partial charge < -0.3 is 15.3 Å². The molecule has 2 fully saturated rings. The topological polar surface area (TPSA) is 53.3 Å². The molecule has 3 heterocycles. The van der Waals surface area contributed by atoms with Crippen LogP contribution in [-0.2, 0) is 0 Å². The van der Waals surface area contributed by atoms with Gasteiger partial charge >= 0.3 is 0 Å². The van der Waals surface area contributed by atoms with E-state index in [2.05, 4.69) is 69.9 Å². The quantitative estimate of drug-likeness (QED) is 0.751. The van der Waals surface area contributed by atoms with Gasteiger partial charge in [0.05, 0.1) is 12.3 Å². The first kappa shape index (κ1) is 16.5. The van der Waals surface area contributed by atoms with Gasteiger partial charge in [-0.15, -0.1) is 0 Å². The number of aliphatic hydroxyl groups excluding tert-OH is 1. The molecule has 0 saturated carbocycles. The number of anilines is 1. The van der Waals surface area contributed by atoms with Crippen LogP contribution in [0.3, 0.4) is 0 Å². The normalized spacial score (nSPS) is 27.1. The third-order valence-electron chi connectivity index (χ3n) is 6.09. The van der Waals surface area contributed by atoms with Crippen molar-refractivity contribution < 1.29 is 5.11 Å². The van der Waals surface area contributed by atoms with Crippen LogP contribution in [0.1, 0.15) is 11.6 Å². The fraction of sp³-hybridized carbons (Fsp3) is 0.318. The number of para-hydroxylation sites is 1. The van der Waals surface area contributed by atoms with Gasteiger partial charge in [0, 0.05) is 55.1 Å². The van der Waals surface area contributed by atoms with Gasteiger partial charge in [0.2, 0.25) is 0 Å². The van der Waals surface area contributed by atoms with E-state index in [0.29, 0.717) is 11.8 Å². The monoisotopic (exact) mass is 360 g/mol. The van der Waals surface area contributed by atoms with Crippen LogP contribution < -0.4 is 10.2 Å². The van der Waals surface area contributed by atoms with E-state index >= 15 is 0 Å². The SMILES string of the molecule is OC[C@@H]1N[C@H](c2ccc(-n3cccn3)cc2)[C@@H]2CN(c3ccccc3)C[C@@H]21. The van der Waals surface area contributed by atoms with Gasteiger partial charge in [-0.3, -0.25) is 0 Å². The molecule has 2 aliphatic heterocycles. The highest BCUT2D eigenvalue weighted by Crippen LogP contribution is 2.43. The van der Waals surface area contributed by atoms with Crippen molar-refractivity contribution in [2.75, 3.05) is 24.6 Å². The number of fused-ring (bicyclic) bond motifs is 1. The van der Waals surface area contributed by atoms with Crippen LogP contribution in [-0.4, -0.2) is 40.6 Å². The molecular formula is C22H24N4O. The molecule has 138 valence electrons. The van der Waals surface area contributed by atoms with Crippen LogP contribution in [0.25, 0.3) is 5.69 Å². The van der Waals surface area contributed by atoms with Crippen LogP contribution in [0.4, 0.5) is 5.69 Å². The Morgan fingerprint density at radius 1 is 0.926 bits per heavy atom. The number of nitrogens with one attached hydrogen (secondary N) is 1. The van der Waals surface area contributed by atoms with Gasteiger partial charge in [-0.25, -0.2) is 4.68 Å². The van der Waals surface area contributed by atoms with Crippen molar-refractivity contribution in [3.63, 3.8) is 0 Å². The smallest absolute Gasteiger partial charge is 0.0645 e. The summed E-state index contributed by atoms with van der Waals surface area (Å²) in [4.78, 5) is 2.46. The molecule has 5 nitrogen and oxygen atoms in total. The van der Waals surface area contributed by atoms with Crippen molar-refractivity contribution in [1.29, 1.82) is 0 Å². The molecule has 0 radical (unpaired) electrons. The molecule has 0 aliphatic carbocycles. The Kier molecular flexibility index (Phi) is 4.19. The molecule has 3 aromatic rings. The Morgan fingerprint density at radius 3 is 2.41 bits per heavy atom. The summed E-state index contributed by atoms with van der Waals surface area (Å²) in [5.41, 5.74) is 3.62. The highest BCUT2D eigenvalue weighted by molar-refractivity contribution is 5.48. The minimum atomic E-state index is 0.152. The summed E-state index contributed by atoms with van der Waals surface area (Å²) in [6, 6.07) is 21.6. The molecule has 2 aromatic carbocycles. The zero-order valence-electron chi connectivity index (χ0n) is 15.1. The Morgan fingerprint density at radius 2 is 1.70 bits per heavy atom. The maximum absolute atomic E-state index is 9.91. The van der Waals surface area contributed by atoms with E-state index in [0.717, 1.165) is 18.8 Å². The van der Waals surface area contributed by atoms with E-state index in [1.54, 1.807) is 6.20 Å². The van der Waals surface area contributed by atoms with Crippen molar-refractivity contribution in [2.24, 2.45) is 11.8 Å². The highest BCUT2D eigenvalue weighted by atomic mass is 16.3. The molecule has 0 spiro atoms. The predicted octanol–water partition coefficient (Wildman–Crippen LogP) is 2.63. The number of hydrogen-bond donors (Lipinski definition) is 2. The first-order valence-electron chi connectivity index (χ1n) is 9.60. The Bertz CT molecular complexity index is 878. The molecule has 0 bridgehead atoms. The summed E-state index contributed by atoms with van der Waals surface area (Å²) < 4.78 is 1.87. The molecule has 2 saturated heterocycles. The van der Waals surface area contributed by atoms with E-state index in [9.17, 15) is 5.11 Å². The molecule has 5 rings (SSSR count). The molecular weight excluding hydrogens is 336 g/mol. The summed E-state index contributed by atoms with van der Waals surface area (Å²) >= 11 is 0. The third kappa shape index (κ3) is 2.93. The van der Waals surface area contributed by atoms with Crippen molar-refractivity contribution in [1.82, 2.24) is 15.1 Å². The Labute approximate surface area is 159 Å². The zero-order valence-corrected chi connectivity index (χ0v) is 15.1. The Balaban J connectivity index is 1.40. The maximum Gasteiger partial charge on any atom is 0.0645 e. The summed E-state index contributed by atoms with van der Waals surface area (Å²) in [6.07, 6.45) is 3.74. The van der Waals surface area contributed by atoms with Crippen molar-refractivity contribution >= 4 is 5.69 Å². The first-order valence-corrected chi connectivity index (χ1v) is 9.60. The fourth-order valence-electron chi connectivity index (χ4n) is 4.75. The number of rotatable bonds is 4. The van der Waals surface area contributed by atoms with E-state index in [-0.39, 0.29) is 18.7 Å². The van der Waals surface area contributed by atoms with Gasteiger partial charge in [0.1, 0.15) is 0 Å². The van der Waals surface area contributed by atoms with Crippen LogP contribution in [0.2, 0.25) is 0 Å². The second kappa shape index (κ2) is 6.83. The molecule has 4 atom stereocenters. The minimum Gasteiger partial charge on any atom is -0.395 e. The standard InChI is InChI=1S/C22H24N4O/c27-15-21-19-13-25(17-5-2-1-3-6-17)14-20(19)22(24-21)16-7-9-18(10-8-16)26-12-4-11-23-26/h1-12,19-22,24,27H,13-15H2/t19-,20+,21-,22+/m0/s1. The second-order valence-corrected chi connectivity index (χ2v) is 7.54. The van der Waals surface area contributed by atoms with E-state index in [1.807, 2.05) is 16.9 Å². The van der Waals surface area contributed by atoms with E-state index in [4.69, 9.17) is 0 Å². The molecule has 1 aromatic heterocycles. The number of aromatic nitrogens is 2. The van der Waals surface area contributed by atoms with Gasteiger partial charge in [-0.05, 0) is 35.9 Å². The third-order valence-corrected chi connectivity index (χ3v) is 6.09. The van der Waals surface area contributed by atoms with Crippen molar-refractivity contribution in [2.45, 2.75) is 12.1 Å². The molecule has 0 unspecified atom stereocenters. The summed E-state index contributed by atoms with van der Waals surface area (Å²) in [7, 11) is 0. The van der Waals surface area contributed by atoms with Gasteiger partial charge in [0.15, 0.2) is 0 Å². The second-order valence-electron chi connectivity index (χ2n) is 7.54. The highest BCUT2D eigenvalue weighted by Gasteiger charge is 2.48. The Hall–Kier alpha value is -2.63. The largest absolute Gasteiger partial charge is 0.395 e. The van der Waals surface area contributed by atoms with Gasteiger partial charge in [0.25, 0.3) is 0 Å². The van der Waals surface area contributed by atoms with Crippen LogP contribution in [0.15, 0.2) is 73.1 Å². The molecule has 2 N–H and O–H groups in total. The van der Waals surface area contributed by atoms with Crippen LogP contribution in [0, 0.1) is 11.8 Å². The number of benzene rings is 2. The van der Waals surface area contributed by atoms with Gasteiger partial charge in [-0.1, -0.05) is 30.3 Å². The number of aliphatic hydroxyl groups is 1. The molecule has 0 amide bonds. The number of hydrogen-bond acceptors (Lipinski definition) is 4.